The second-order valence-electron chi connectivity index (χ2n) is 4.93. The molecule has 5 heteroatoms. The van der Waals surface area contributed by atoms with Crippen molar-refractivity contribution in [1.82, 2.24) is 15.1 Å². The van der Waals surface area contributed by atoms with E-state index < -0.39 is 0 Å². The van der Waals surface area contributed by atoms with Crippen LogP contribution in [0.25, 0.3) is 0 Å². The number of piperazine rings is 1. The van der Waals surface area contributed by atoms with Crippen LogP contribution in [0.2, 0.25) is 0 Å². The van der Waals surface area contributed by atoms with E-state index in [0.29, 0.717) is 6.04 Å². The summed E-state index contributed by atoms with van der Waals surface area (Å²) in [4.78, 5) is 16.1. The number of rotatable bonds is 6. The van der Waals surface area contributed by atoms with Gasteiger partial charge in [-0.3, -0.25) is 4.90 Å². The average Bonchev–Trinajstić information content (AvgIpc) is 2.42. The van der Waals surface area contributed by atoms with Gasteiger partial charge in [-0.25, -0.2) is 4.79 Å². The summed E-state index contributed by atoms with van der Waals surface area (Å²) in [5.74, 6) is 0. The number of nitrogens with zero attached hydrogens (tertiary/aromatic N) is 2. The smallest absolute Gasteiger partial charge is 0.317 e. The lowest BCUT2D eigenvalue weighted by atomic mass is 10.1. The van der Waals surface area contributed by atoms with Gasteiger partial charge in [0.15, 0.2) is 0 Å². The van der Waals surface area contributed by atoms with Gasteiger partial charge in [0.1, 0.15) is 0 Å². The van der Waals surface area contributed by atoms with E-state index in [0.717, 1.165) is 52.1 Å². The second kappa shape index (κ2) is 8.32. The van der Waals surface area contributed by atoms with E-state index in [1.165, 1.54) is 6.42 Å². The Balaban J connectivity index is 2.33. The van der Waals surface area contributed by atoms with Crippen molar-refractivity contribution in [2.24, 2.45) is 5.73 Å². The number of urea groups is 1. The number of carbonyl (C=O) groups is 1. The first-order valence-electron chi connectivity index (χ1n) is 7.19. The zero-order valence-electron chi connectivity index (χ0n) is 11.8. The molecule has 18 heavy (non-hydrogen) atoms. The number of hydrogen-bond donors (Lipinski definition) is 2. The van der Waals surface area contributed by atoms with E-state index in [2.05, 4.69) is 24.1 Å². The summed E-state index contributed by atoms with van der Waals surface area (Å²) >= 11 is 0. The monoisotopic (exact) mass is 256 g/mol. The van der Waals surface area contributed by atoms with E-state index in [4.69, 9.17) is 5.73 Å². The third-order valence-electron chi connectivity index (χ3n) is 3.54. The summed E-state index contributed by atoms with van der Waals surface area (Å²) in [6.07, 6.45) is 3.30. The standard InChI is InChI=1S/C13H28N4O/c1-3-5-12(11-14)16-7-9-17(10-8-16)13(18)15-6-4-2/h12H,3-11,14H2,1-2H3,(H,15,18). The van der Waals surface area contributed by atoms with Crippen molar-refractivity contribution < 1.29 is 4.79 Å². The largest absolute Gasteiger partial charge is 0.338 e. The van der Waals surface area contributed by atoms with Gasteiger partial charge < -0.3 is 16.0 Å². The SMILES string of the molecule is CCCNC(=O)N1CCN(C(CN)CCC)CC1. The van der Waals surface area contributed by atoms with Crippen LogP contribution in [-0.4, -0.2) is 61.1 Å². The predicted octanol–water partition coefficient (Wildman–Crippen LogP) is 0.851. The predicted molar refractivity (Wildman–Crippen MR) is 74.6 cm³/mol. The molecule has 0 radical (unpaired) electrons. The molecule has 5 nitrogen and oxygen atoms in total. The van der Waals surface area contributed by atoms with Gasteiger partial charge in [-0.2, -0.15) is 0 Å². The molecular weight excluding hydrogens is 228 g/mol. The number of amides is 2. The molecule has 3 N–H and O–H groups in total. The minimum atomic E-state index is 0.0799. The fourth-order valence-corrected chi connectivity index (χ4v) is 2.42. The average molecular weight is 256 g/mol. The molecule has 2 amide bonds. The molecule has 1 unspecified atom stereocenters. The van der Waals surface area contributed by atoms with Crippen LogP contribution < -0.4 is 11.1 Å². The Kier molecular flexibility index (Phi) is 7.05. The number of hydrogen-bond acceptors (Lipinski definition) is 3. The Morgan fingerprint density at radius 2 is 1.89 bits per heavy atom. The van der Waals surface area contributed by atoms with E-state index in [1.54, 1.807) is 0 Å². The summed E-state index contributed by atoms with van der Waals surface area (Å²) in [5, 5.41) is 2.93. The summed E-state index contributed by atoms with van der Waals surface area (Å²) in [6, 6.07) is 0.562. The zero-order chi connectivity index (χ0) is 13.4. The molecule has 0 aromatic heterocycles. The van der Waals surface area contributed by atoms with Crippen molar-refractivity contribution >= 4 is 6.03 Å². The van der Waals surface area contributed by atoms with Gasteiger partial charge in [0.05, 0.1) is 0 Å². The summed E-state index contributed by atoms with van der Waals surface area (Å²) < 4.78 is 0. The second-order valence-corrected chi connectivity index (χ2v) is 4.93. The number of nitrogens with two attached hydrogens (primary N) is 1. The number of carbonyl (C=O) groups excluding carboxylic acids is 1. The van der Waals surface area contributed by atoms with Crippen LogP contribution in [0.3, 0.4) is 0 Å². The van der Waals surface area contributed by atoms with Crippen molar-refractivity contribution in [2.75, 3.05) is 39.3 Å². The van der Waals surface area contributed by atoms with Crippen LogP contribution in [0, 0.1) is 0 Å². The Bertz CT molecular complexity index is 239. The molecule has 1 heterocycles. The third kappa shape index (κ3) is 4.46. The summed E-state index contributed by atoms with van der Waals surface area (Å²) in [7, 11) is 0. The fraction of sp³-hybridized carbons (Fsp3) is 0.923. The maximum atomic E-state index is 11.8. The summed E-state index contributed by atoms with van der Waals surface area (Å²) in [6.45, 7) is 9.26. The van der Waals surface area contributed by atoms with Crippen molar-refractivity contribution in [3.63, 3.8) is 0 Å². The molecule has 0 aromatic carbocycles. The van der Waals surface area contributed by atoms with Gasteiger partial charge in [0.2, 0.25) is 0 Å². The fourth-order valence-electron chi connectivity index (χ4n) is 2.42. The highest BCUT2D eigenvalue weighted by atomic mass is 16.2. The van der Waals surface area contributed by atoms with Crippen LogP contribution in [-0.2, 0) is 0 Å². The lowest BCUT2D eigenvalue weighted by molar-refractivity contribution is 0.106. The maximum Gasteiger partial charge on any atom is 0.317 e. The molecule has 1 saturated heterocycles. The van der Waals surface area contributed by atoms with Crippen molar-refractivity contribution in [3.05, 3.63) is 0 Å². The van der Waals surface area contributed by atoms with Crippen molar-refractivity contribution in [3.8, 4) is 0 Å². The van der Waals surface area contributed by atoms with E-state index in [9.17, 15) is 4.79 Å². The van der Waals surface area contributed by atoms with Gasteiger partial charge in [-0.15, -0.1) is 0 Å². The van der Waals surface area contributed by atoms with Crippen molar-refractivity contribution in [2.45, 2.75) is 39.2 Å². The lowest BCUT2D eigenvalue weighted by Gasteiger charge is -2.38. The Morgan fingerprint density at radius 3 is 2.39 bits per heavy atom. The molecule has 1 aliphatic rings. The van der Waals surface area contributed by atoms with Crippen LogP contribution in [0.1, 0.15) is 33.1 Å². The molecule has 0 spiro atoms. The molecule has 1 fully saturated rings. The van der Waals surface area contributed by atoms with Gasteiger partial charge in [-0.05, 0) is 12.8 Å². The lowest BCUT2D eigenvalue weighted by Crippen LogP contribution is -2.55. The molecule has 1 rings (SSSR count). The molecule has 0 aliphatic carbocycles. The van der Waals surface area contributed by atoms with E-state index in [1.807, 2.05) is 4.90 Å². The zero-order valence-corrected chi connectivity index (χ0v) is 11.8. The van der Waals surface area contributed by atoms with Crippen LogP contribution in [0.15, 0.2) is 0 Å². The normalized spacial score (nSPS) is 18.7. The molecule has 1 aliphatic heterocycles. The van der Waals surface area contributed by atoms with Gasteiger partial charge in [0, 0.05) is 45.3 Å². The highest BCUT2D eigenvalue weighted by Gasteiger charge is 2.24. The van der Waals surface area contributed by atoms with Gasteiger partial charge in [-0.1, -0.05) is 20.3 Å². The van der Waals surface area contributed by atoms with Crippen molar-refractivity contribution in [1.29, 1.82) is 0 Å². The Labute approximate surface area is 111 Å². The first kappa shape index (κ1) is 15.2. The molecular formula is C13H28N4O. The first-order chi connectivity index (χ1) is 8.72. The highest BCUT2D eigenvalue weighted by molar-refractivity contribution is 5.74. The van der Waals surface area contributed by atoms with E-state index in [-0.39, 0.29) is 6.03 Å². The third-order valence-corrected chi connectivity index (χ3v) is 3.54. The van der Waals surface area contributed by atoms with Crippen LogP contribution >= 0.6 is 0 Å². The summed E-state index contributed by atoms with van der Waals surface area (Å²) in [5.41, 5.74) is 5.82. The van der Waals surface area contributed by atoms with Gasteiger partial charge in [0.25, 0.3) is 0 Å². The molecule has 0 saturated carbocycles. The van der Waals surface area contributed by atoms with Crippen LogP contribution in [0.4, 0.5) is 4.79 Å². The van der Waals surface area contributed by atoms with Gasteiger partial charge >= 0.3 is 6.03 Å². The molecule has 1 atom stereocenters. The maximum absolute atomic E-state index is 11.8. The topological polar surface area (TPSA) is 61.6 Å². The van der Waals surface area contributed by atoms with E-state index >= 15 is 0 Å². The minimum Gasteiger partial charge on any atom is -0.338 e. The first-order valence-corrected chi connectivity index (χ1v) is 7.19. The minimum absolute atomic E-state index is 0.0799. The Hall–Kier alpha value is -0.810. The highest BCUT2D eigenvalue weighted by Crippen LogP contribution is 2.10. The molecule has 0 aromatic rings. The molecule has 106 valence electrons. The quantitative estimate of drug-likeness (QED) is 0.740. The number of nitrogens with one attached hydrogen (secondary N) is 1. The van der Waals surface area contributed by atoms with Crippen LogP contribution in [0.5, 0.6) is 0 Å². The Morgan fingerprint density at radius 1 is 1.22 bits per heavy atom. The molecule has 0 bridgehead atoms.